The zero-order valence-corrected chi connectivity index (χ0v) is 17.0. The molecule has 0 aliphatic rings. The molecule has 0 radical (unpaired) electrons. The number of pyridine rings is 1. The van der Waals surface area contributed by atoms with Gasteiger partial charge in [-0.3, -0.25) is 9.59 Å². The van der Waals surface area contributed by atoms with Crippen LogP contribution in [0.3, 0.4) is 0 Å². The summed E-state index contributed by atoms with van der Waals surface area (Å²) in [5, 5.41) is 7.55. The summed E-state index contributed by atoms with van der Waals surface area (Å²) in [6.45, 7) is -1.65. The van der Waals surface area contributed by atoms with E-state index in [-0.39, 0.29) is 29.2 Å². The minimum absolute atomic E-state index is 0.00398. The largest absolute Gasteiger partial charge is 0.468 e. The topological polar surface area (TPSA) is 86.1 Å². The van der Waals surface area contributed by atoms with Gasteiger partial charge in [-0.15, -0.1) is 0 Å². The SMILES string of the molecule is O=C(NCc1cccnc1OCC(F)(F)F)c1nn(-c2ccccc2)c(=O)c2ccccc12. The van der Waals surface area contributed by atoms with Gasteiger partial charge in [-0.05, 0) is 24.3 Å². The molecule has 168 valence electrons. The quantitative estimate of drug-likeness (QED) is 0.481. The normalized spacial score (nSPS) is 11.4. The lowest BCUT2D eigenvalue weighted by Gasteiger charge is -2.13. The van der Waals surface area contributed by atoms with Crippen LogP contribution in [0.25, 0.3) is 16.5 Å². The molecule has 33 heavy (non-hydrogen) atoms. The number of carbonyl (C=O) groups excluding carboxylic acids is 1. The lowest BCUT2D eigenvalue weighted by molar-refractivity contribution is -0.154. The van der Waals surface area contributed by atoms with Gasteiger partial charge in [0.1, 0.15) is 0 Å². The van der Waals surface area contributed by atoms with Crippen molar-refractivity contribution in [3.63, 3.8) is 0 Å². The number of fused-ring (bicyclic) bond motifs is 1. The third kappa shape index (κ3) is 5.00. The van der Waals surface area contributed by atoms with Crippen molar-refractivity contribution in [3.8, 4) is 11.6 Å². The third-order valence-corrected chi connectivity index (χ3v) is 4.68. The first-order valence-electron chi connectivity index (χ1n) is 9.82. The van der Waals surface area contributed by atoms with Crippen LogP contribution in [0.4, 0.5) is 13.2 Å². The second-order valence-electron chi connectivity index (χ2n) is 7.00. The smallest absolute Gasteiger partial charge is 0.422 e. The number of hydrogen-bond acceptors (Lipinski definition) is 5. The molecule has 0 atom stereocenters. The van der Waals surface area contributed by atoms with Gasteiger partial charge in [0, 0.05) is 23.7 Å². The van der Waals surface area contributed by atoms with E-state index in [0.29, 0.717) is 16.5 Å². The molecule has 2 aromatic carbocycles. The number of halogens is 3. The number of amides is 1. The lowest BCUT2D eigenvalue weighted by Crippen LogP contribution is -2.30. The van der Waals surface area contributed by atoms with Crippen molar-refractivity contribution in [1.82, 2.24) is 20.1 Å². The van der Waals surface area contributed by atoms with E-state index in [9.17, 15) is 22.8 Å². The molecule has 0 fully saturated rings. The first kappa shape index (κ1) is 22.0. The number of hydrogen-bond donors (Lipinski definition) is 1. The average Bonchev–Trinajstić information content (AvgIpc) is 2.82. The fraction of sp³-hybridized carbons (Fsp3) is 0.130. The Hall–Kier alpha value is -4.21. The maximum atomic E-state index is 13.0. The highest BCUT2D eigenvalue weighted by Gasteiger charge is 2.29. The molecular weight excluding hydrogens is 437 g/mol. The monoisotopic (exact) mass is 454 g/mol. The van der Waals surface area contributed by atoms with Crippen LogP contribution in [0, 0.1) is 0 Å². The molecule has 0 aliphatic heterocycles. The highest BCUT2D eigenvalue weighted by Crippen LogP contribution is 2.20. The summed E-state index contributed by atoms with van der Waals surface area (Å²) < 4.78 is 43.4. The molecular formula is C23H17F3N4O3. The summed E-state index contributed by atoms with van der Waals surface area (Å²) in [4.78, 5) is 29.8. The van der Waals surface area contributed by atoms with Crippen molar-refractivity contribution in [2.75, 3.05) is 6.61 Å². The number of nitrogens with zero attached hydrogens (tertiary/aromatic N) is 3. The number of rotatable bonds is 6. The molecule has 10 heteroatoms. The van der Waals surface area contributed by atoms with Crippen LogP contribution < -0.4 is 15.6 Å². The molecule has 0 saturated heterocycles. The van der Waals surface area contributed by atoms with Crippen LogP contribution in [0.5, 0.6) is 5.88 Å². The van der Waals surface area contributed by atoms with Gasteiger partial charge in [0.15, 0.2) is 12.3 Å². The standard InChI is InChI=1S/C23H17F3N4O3/c24-23(25,26)14-33-21-15(7-6-12-27-21)13-28-20(31)19-17-10-4-5-11-18(17)22(32)30(29-19)16-8-2-1-3-9-16/h1-12H,13-14H2,(H,28,31). The molecule has 4 rings (SSSR count). The Balaban J connectivity index is 1.65. The van der Waals surface area contributed by atoms with Crippen LogP contribution in [0.1, 0.15) is 16.1 Å². The number of nitrogens with one attached hydrogen (secondary N) is 1. The Morgan fingerprint density at radius 3 is 2.39 bits per heavy atom. The maximum absolute atomic E-state index is 13.0. The molecule has 0 bridgehead atoms. The summed E-state index contributed by atoms with van der Waals surface area (Å²) in [5.74, 6) is -0.844. The highest BCUT2D eigenvalue weighted by molar-refractivity contribution is 6.04. The number of benzene rings is 2. The molecule has 0 spiro atoms. The Bertz CT molecular complexity index is 1350. The summed E-state index contributed by atoms with van der Waals surface area (Å²) >= 11 is 0. The van der Waals surface area contributed by atoms with E-state index < -0.39 is 18.7 Å². The van der Waals surface area contributed by atoms with Gasteiger partial charge in [0.25, 0.3) is 11.5 Å². The molecule has 0 unspecified atom stereocenters. The van der Waals surface area contributed by atoms with Crippen LogP contribution >= 0.6 is 0 Å². The summed E-state index contributed by atoms with van der Waals surface area (Å²) in [6.07, 6.45) is -3.23. The van der Waals surface area contributed by atoms with E-state index in [1.165, 1.54) is 18.3 Å². The average molecular weight is 454 g/mol. The minimum atomic E-state index is -4.52. The Morgan fingerprint density at radius 2 is 1.67 bits per heavy atom. The summed E-state index contributed by atoms with van der Waals surface area (Å²) in [7, 11) is 0. The van der Waals surface area contributed by atoms with Crippen molar-refractivity contribution in [1.29, 1.82) is 0 Å². The van der Waals surface area contributed by atoms with Crippen molar-refractivity contribution in [2.24, 2.45) is 0 Å². The van der Waals surface area contributed by atoms with Gasteiger partial charge in [-0.1, -0.05) is 42.5 Å². The van der Waals surface area contributed by atoms with Crippen molar-refractivity contribution < 1.29 is 22.7 Å². The van der Waals surface area contributed by atoms with Gasteiger partial charge >= 0.3 is 6.18 Å². The molecule has 7 nitrogen and oxygen atoms in total. The zero-order valence-electron chi connectivity index (χ0n) is 17.0. The Morgan fingerprint density at radius 1 is 0.970 bits per heavy atom. The number of alkyl halides is 3. The van der Waals surface area contributed by atoms with E-state index in [4.69, 9.17) is 4.74 Å². The van der Waals surface area contributed by atoms with Crippen LogP contribution in [0.2, 0.25) is 0 Å². The lowest BCUT2D eigenvalue weighted by atomic mass is 10.1. The van der Waals surface area contributed by atoms with Gasteiger partial charge in [0.2, 0.25) is 5.88 Å². The second-order valence-corrected chi connectivity index (χ2v) is 7.00. The first-order chi connectivity index (χ1) is 15.8. The third-order valence-electron chi connectivity index (χ3n) is 4.68. The number of para-hydroxylation sites is 1. The van der Waals surface area contributed by atoms with Gasteiger partial charge in [0.05, 0.1) is 11.1 Å². The van der Waals surface area contributed by atoms with Crippen molar-refractivity contribution in [2.45, 2.75) is 12.7 Å². The predicted molar refractivity (Wildman–Crippen MR) is 114 cm³/mol. The molecule has 4 aromatic rings. The summed E-state index contributed by atoms with van der Waals surface area (Å²) in [6, 6.07) is 18.2. The molecule has 1 amide bonds. The van der Waals surface area contributed by atoms with E-state index in [1.807, 2.05) is 0 Å². The summed E-state index contributed by atoms with van der Waals surface area (Å²) in [5.41, 5.74) is 0.354. The number of carbonyl (C=O) groups is 1. The van der Waals surface area contributed by atoms with Crippen LogP contribution in [-0.2, 0) is 6.54 Å². The number of aromatic nitrogens is 3. The number of ether oxygens (including phenoxy) is 1. The van der Waals surface area contributed by atoms with E-state index in [1.54, 1.807) is 54.6 Å². The highest BCUT2D eigenvalue weighted by atomic mass is 19.4. The van der Waals surface area contributed by atoms with Gasteiger partial charge in [-0.25, -0.2) is 4.98 Å². The molecule has 0 aliphatic carbocycles. The first-order valence-corrected chi connectivity index (χ1v) is 9.82. The fourth-order valence-corrected chi connectivity index (χ4v) is 3.20. The van der Waals surface area contributed by atoms with E-state index in [0.717, 1.165) is 4.68 Å². The molecule has 1 N–H and O–H groups in total. The Kier molecular flexibility index (Phi) is 6.07. The van der Waals surface area contributed by atoms with E-state index in [2.05, 4.69) is 15.4 Å². The minimum Gasteiger partial charge on any atom is -0.468 e. The van der Waals surface area contributed by atoms with Crippen LogP contribution in [0.15, 0.2) is 77.7 Å². The van der Waals surface area contributed by atoms with Gasteiger partial charge in [-0.2, -0.15) is 23.0 Å². The van der Waals surface area contributed by atoms with E-state index >= 15 is 0 Å². The van der Waals surface area contributed by atoms with Crippen LogP contribution in [-0.4, -0.2) is 33.5 Å². The van der Waals surface area contributed by atoms with Gasteiger partial charge < -0.3 is 10.1 Å². The molecule has 2 heterocycles. The molecule has 0 saturated carbocycles. The molecule has 2 aromatic heterocycles. The maximum Gasteiger partial charge on any atom is 0.422 e. The van der Waals surface area contributed by atoms with Crippen molar-refractivity contribution in [3.05, 3.63) is 94.5 Å². The van der Waals surface area contributed by atoms with Crippen molar-refractivity contribution >= 4 is 16.7 Å². The zero-order chi connectivity index (χ0) is 23.4. The predicted octanol–water partition coefficient (Wildman–Crippen LogP) is 3.65. The fourth-order valence-electron chi connectivity index (χ4n) is 3.20. The Labute approximate surface area is 185 Å². The second kappa shape index (κ2) is 9.11.